The lowest BCUT2D eigenvalue weighted by atomic mass is 10.1. The van der Waals surface area contributed by atoms with Gasteiger partial charge in [-0.2, -0.15) is 0 Å². The molecule has 6 nitrogen and oxygen atoms in total. The number of ether oxygens (including phenoxy) is 1. The van der Waals surface area contributed by atoms with Crippen molar-refractivity contribution >= 4 is 21.6 Å². The first kappa shape index (κ1) is 21.8. The van der Waals surface area contributed by atoms with Crippen LogP contribution in [0.4, 0.5) is 5.69 Å². The van der Waals surface area contributed by atoms with Crippen LogP contribution in [0.3, 0.4) is 0 Å². The van der Waals surface area contributed by atoms with Gasteiger partial charge in [0.15, 0.2) is 0 Å². The summed E-state index contributed by atoms with van der Waals surface area (Å²) in [5.74, 6) is 0.355. The van der Waals surface area contributed by atoms with Crippen LogP contribution in [0.1, 0.15) is 30.5 Å². The third-order valence-electron chi connectivity index (χ3n) is 4.23. The van der Waals surface area contributed by atoms with Crippen LogP contribution >= 0.6 is 0 Å². The lowest BCUT2D eigenvalue weighted by molar-refractivity contribution is -0.119. The topological polar surface area (TPSA) is 75.7 Å². The highest BCUT2D eigenvalue weighted by Crippen LogP contribution is 2.21. The Balaban J connectivity index is 2.07. The number of nitrogens with zero attached hydrogens (tertiary/aromatic N) is 1. The number of hydrogen-bond acceptors (Lipinski definition) is 4. The van der Waals surface area contributed by atoms with E-state index in [-0.39, 0.29) is 18.6 Å². The van der Waals surface area contributed by atoms with Crippen LogP contribution in [0.5, 0.6) is 5.75 Å². The number of carbonyl (C=O) groups excluding carboxylic acids is 1. The molecule has 0 spiro atoms. The monoisotopic (exact) mass is 404 g/mol. The molecule has 0 heterocycles. The highest BCUT2D eigenvalue weighted by molar-refractivity contribution is 7.92. The van der Waals surface area contributed by atoms with Crippen molar-refractivity contribution in [2.24, 2.45) is 0 Å². The van der Waals surface area contributed by atoms with E-state index in [1.165, 1.54) is 0 Å². The van der Waals surface area contributed by atoms with E-state index in [1.54, 1.807) is 12.1 Å². The molecule has 0 aliphatic heterocycles. The zero-order valence-corrected chi connectivity index (χ0v) is 17.8. The molecule has 2 aromatic rings. The smallest absolute Gasteiger partial charge is 0.241 e. The van der Waals surface area contributed by atoms with Gasteiger partial charge in [0.05, 0.1) is 18.0 Å². The average molecular weight is 405 g/mol. The molecule has 0 aliphatic carbocycles. The van der Waals surface area contributed by atoms with Crippen molar-refractivity contribution in [1.82, 2.24) is 5.32 Å². The van der Waals surface area contributed by atoms with Crippen molar-refractivity contribution in [2.75, 3.05) is 17.1 Å². The largest absolute Gasteiger partial charge is 0.491 e. The molecule has 0 saturated carbocycles. The molecule has 7 heteroatoms. The van der Waals surface area contributed by atoms with Gasteiger partial charge in [0.2, 0.25) is 15.9 Å². The minimum Gasteiger partial charge on any atom is -0.491 e. The van der Waals surface area contributed by atoms with Crippen LogP contribution in [-0.2, 0) is 21.4 Å². The number of hydrogen-bond donors (Lipinski definition) is 1. The van der Waals surface area contributed by atoms with Gasteiger partial charge in [-0.05, 0) is 68.7 Å². The first-order valence-corrected chi connectivity index (χ1v) is 11.0. The molecule has 0 aromatic heterocycles. The third-order valence-corrected chi connectivity index (χ3v) is 5.37. The Morgan fingerprint density at radius 2 is 1.82 bits per heavy atom. The molecule has 2 aromatic carbocycles. The lowest BCUT2D eigenvalue weighted by Gasteiger charge is -2.22. The molecule has 0 bridgehead atoms. The summed E-state index contributed by atoms with van der Waals surface area (Å²) in [5, 5.41) is 2.78. The van der Waals surface area contributed by atoms with Crippen molar-refractivity contribution < 1.29 is 17.9 Å². The summed E-state index contributed by atoms with van der Waals surface area (Å²) in [6.07, 6.45) is 1.16. The van der Waals surface area contributed by atoms with Gasteiger partial charge in [0.1, 0.15) is 12.3 Å². The molecule has 0 aliphatic rings. The Kier molecular flexibility index (Phi) is 7.07. The number of benzene rings is 2. The molecule has 28 heavy (non-hydrogen) atoms. The molecule has 1 amide bonds. The molecular formula is C21H28N2O4S. The Hall–Kier alpha value is -2.54. The minimum atomic E-state index is -3.59. The molecule has 152 valence electrons. The van der Waals surface area contributed by atoms with Crippen molar-refractivity contribution in [3.63, 3.8) is 0 Å². The van der Waals surface area contributed by atoms with Gasteiger partial charge in [0, 0.05) is 6.54 Å². The van der Waals surface area contributed by atoms with E-state index in [2.05, 4.69) is 5.32 Å². The van der Waals surface area contributed by atoms with Gasteiger partial charge in [-0.25, -0.2) is 8.42 Å². The first-order valence-electron chi connectivity index (χ1n) is 9.13. The minimum absolute atomic E-state index is 0.0612. The van der Waals surface area contributed by atoms with Crippen LogP contribution in [0, 0.1) is 13.8 Å². The van der Waals surface area contributed by atoms with Crippen molar-refractivity contribution in [3.8, 4) is 5.75 Å². The summed E-state index contributed by atoms with van der Waals surface area (Å²) in [5.41, 5.74) is 3.38. The summed E-state index contributed by atoms with van der Waals surface area (Å²) in [7, 11) is -3.59. The quantitative estimate of drug-likeness (QED) is 0.733. The van der Waals surface area contributed by atoms with Crippen molar-refractivity contribution in [2.45, 2.75) is 40.3 Å². The summed E-state index contributed by atoms with van der Waals surface area (Å²) >= 11 is 0. The van der Waals surface area contributed by atoms with E-state index in [9.17, 15) is 13.2 Å². The second-order valence-corrected chi connectivity index (χ2v) is 9.04. The molecule has 0 radical (unpaired) electrons. The summed E-state index contributed by atoms with van der Waals surface area (Å²) in [6.45, 7) is 7.77. The van der Waals surface area contributed by atoms with Gasteiger partial charge < -0.3 is 10.1 Å². The Bertz CT molecular complexity index is 939. The fraction of sp³-hybridized carbons (Fsp3) is 0.381. The molecule has 0 saturated heterocycles. The van der Waals surface area contributed by atoms with Crippen LogP contribution < -0.4 is 14.4 Å². The van der Waals surface area contributed by atoms with E-state index in [4.69, 9.17) is 4.74 Å². The van der Waals surface area contributed by atoms with E-state index >= 15 is 0 Å². The van der Waals surface area contributed by atoms with Gasteiger partial charge in [-0.15, -0.1) is 0 Å². The van der Waals surface area contributed by atoms with E-state index in [0.29, 0.717) is 12.2 Å². The van der Waals surface area contributed by atoms with Crippen molar-refractivity contribution in [3.05, 3.63) is 59.2 Å². The van der Waals surface area contributed by atoms with E-state index in [0.717, 1.165) is 33.0 Å². The van der Waals surface area contributed by atoms with Crippen LogP contribution in [0.25, 0.3) is 0 Å². The Morgan fingerprint density at radius 1 is 1.11 bits per heavy atom. The summed E-state index contributed by atoms with van der Waals surface area (Å²) in [6, 6.07) is 12.8. The number of anilines is 1. The maximum atomic E-state index is 12.4. The molecule has 0 unspecified atom stereocenters. The highest BCUT2D eigenvalue weighted by Gasteiger charge is 2.21. The zero-order chi connectivity index (χ0) is 20.9. The summed E-state index contributed by atoms with van der Waals surface area (Å²) < 4.78 is 31.2. The number of aryl methyl sites for hydroxylation is 2. The molecular weight excluding hydrogens is 376 g/mol. The van der Waals surface area contributed by atoms with Crippen LogP contribution in [0.2, 0.25) is 0 Å². The van der Waals surface area contributed by atoms with Gasteiger partial charge in [-0.3, -0.25) is 9.10 Å². The van der Waals surface area contributed by atoms with E-state index in [1.807, 2.05) is 58.0 Å². The maximum Gasteiger partial charge on any atom is 0.241 e. The van der Waals surface area contributed by atoms with Crippen LogP contribution in [0.15, 0.2) is 42.5 Å². The van der Waals surface area contributed by atoms with Gasteiger partial charge >= 0.3 is 0 Å². The average Bonchev–Trinajstić information content (AvgIpc) is 2.59. The second-order valence-electron chi connectivity index (χ2n) is 7.13. The predicted octanol–water partition coefficient (Wildman–Crippen LogP) is 3.17. The zero-order valence-electron chi connectivity index (χ0n) is 17.0. The van der Waals surface area contributed by atoms with Crippen LogP contribution in [-0.4, -0.2) is 33.2 Å². The second kappa shape index (κ2) is 9.10. The normalized spacial score (nSPS) is 11.4. The third kappa shape index (κ3) is 6.27. The molecule has 0 atom stereocenters. The number of rotatable bonds is 8. The molecule has 1 N–H and O–H groups in total. The lowest BCUT2D eigenvalue weighted by Crippen LogP contribution is -2.40. The maximum absolute atomic E-state index is 12.4. The SMILES string of the molecule is Cc1ccc(N(CC(=O)NCc2cccc(OC(C)C)c2)S(C)(=O)=O)cc1C. The van der Waals surface area contributed by atoms with Crippen molar-refractivity contribution in [1.29, 1.82) is 0 Å². The number of carbonyl (C=O) groups is 1. The number of sulfonamides is 1. The number of amides is 1. The predicted molar refractivity (Wildman–Crippen MR) is 112 cm³/mol. The van der Waals surface area contributed by atoms with E-state index < -0.39 is 10.0 Å². The number of nitrogens with one attached hydrogen (secondary N) is 1. The first-order chi connectivity index (χ1) is 13.1. The highest BCUT2D eigenvalue weighted by atomic mass is 32.2. The Labute approximate surface area is 167 Å². The summed E-state index contributed by atoms with van der Waals surface area (Å²) in [4.78, 5) is 12.4. The fourth-order valence-electron chi connectivity index (χ4n) is 2.67. The molecule has 2 rings (SSSR count). The van der Waals surface area contributed by atoms with Gasteiger partial charge in [-0.1, -0.05) is 18.2 Å². The fourth-order valence-corrected chi connectivity index (χ4v) is 3.52. The standard InChI is InChI=1S/C21H28N2O4S/c1-15(2)27-20-8-6-7-18(12-20)13-22-21(24)14-23(28(5,25)26)19-10-9-16(3)17(4)11-19/h6-12,15H,13-14H2,1-5H3,(H,22,24). The van der Waals surface area contributed by atoms with Gasteiger partial charge in [0.25, 0.3) is 0 Å². The Morgan fingerprint density at radius 3 is 2.43 bits per heavy atom. The molecule has 0 fully saturated rings.